The fourth-order valence-corrected chi connectivity index (χ4v) is 6.03. The normalized spacial score (nSPS) is 18.4. The number of hydrogen-bond donors (Lipinski definition) is 1. The molecule has 0 radical (unpaired) electrons. The van der Waals surface area contributed by atoms with Gasteiger partial charge >= 0.3 is 0 Å². The molecule has 1 amide bonds. The summed E-state index contributed by atoms with van der Waals surface area (Å²) in [5.41, 5.74) is 5.60. The predicted molar refractivity (Wildman–Crippen MR) is 159 cm³/mol. The maximum Gasteiger partial charge on any atom is 0.259 e. The van der Waals surface area contributed by atoms with Crippen LogP contribution in [-0.4, -0.2) is 24.8 Å². The fourth-order valence-electron chi connectivity index (χ4n) is 6.03. The molecule has 6 heteroatoms. The smallest absolute Gasteiger partial charge is 0.259 e. The number of para-hydroxylation sites is 2. The van der Waals surface area contributed by atoms with E-state index in [4.69, 9.17) is 4.42 Å². The highest BCUT2D eigenvalue weighted by Gasteiger charge is 2.42. The number of carbonyl (C=O) groups excluding carboxylic acids is 2. The van der Waals surface area contributed by atoms with Crippen LogP contribution in [0.5, 0.6) is 0 Å². The fraction of sp³-hybridized carbons (Fsp3) is 0.235. The lowest BCUT2D eigenvalue weighted by molar-refractivity contribution is -0.116. The summed E-state index contributed by atoms with van der Waals surface area (Å²) in [6, 6.07) is 28.6. The quantitative estimate of drug-likeness (QED) is 0.282. The summed E-state index contributed by atoms with van der Waals surface area (Å²) in [6.45, 7) is 6.08. The van der Waals surface area contributed by atoms with Crippen LogP contribution in [0.15, 0.2) is 113 Å². The van der Waals surface area contributed by atoms with Gasteiger partial charge in [-0.15, -0.1) is 0 Å². The van der Waals surface area contributed by atoms with Gasteiger partial charge in [-0.25, -0.2) is 0 Å². The maximum atomic E-state index is 14.3. The Morgan fingerprint density at radius 2 is 1.62 bits per heavy atom. The van der Waals surface area contributed by atoms with E-state index >= 15 is 0 Å². The first-order valence-corrected chi connectivity index (χ1v) is 14.0. The van der Waals surface area contributed by atoms with Crippen molar-refractivity contribution >= 4 is 28.8 Å². The van der Waals surface area contributed by atoms with Gasteiger partial charge in [0.1, 0.15) is 5.76 Å². The van der Waals surface area contributed by atoms with Crippen LogP contribution in [0.4, 0.5) is 17.1 Å². The largest absolute Gasteiger partial charge is 0.469 e. The molecule has 3 aromatic carbocycles. The van der Waals surface area contributed by atoms with Crippen molar-refractivity contribution in [1.29, 1.82) is 0 Å². The first kappa shape index (κ1) is 25.7. The van der Waals surface area contributed by atoms with E-state index in [-0.39, 0.29) is 17.6 Å². The van der Waals surface area contributed by atoms with Gasteiger partial charge in [0.25, 0.3) is 5.91 Å². The monoisotopic (exact) mass is 531 g/mol. The lowest BCUT2D eigenvalue weighted by atomic mass is 9.80. The molecule has 40 heavy (non-hydrogen) atoms. The van der Waals surface area contributed by atoms with Gasteiger partial charge in [0, 0.05) is 47.9 Å². The maximum absolute atomic E-state index is 14.3. The van der Waals surface area contributed by atoms with Crippen molar-refractivity contribution in [3.05, 3.63) is 125 Å². The van der Waals surface area contributed by atoms with E-state index in [2.05, 4.69) is 48.3 Å². The van der Waals surface area contributed by atoms with Crippen molar-refractivity contribution in [2.45, 2.75) is 38.6 Å². The molecule has 0 bridgehead atoms. The molecule has 202 valence electrons. The van der Waals surface area contributed by atoms with Crippen molar-refractivity contribution < 1.29 is 14.0 Å². The number of furan rings is 1. The number of rotatable bonds is 6. The summed E-state index contributed by atoms with van der Waals surface area (Å²) in [6.07, 6.45) is 2.59. The Labute approximate surface area is 234 Å². The van der Waals surface area contributed by atoms with Gasteiger partial charge in [0.05, 0.1) is 23.7 Å². The minimum absolute atomic E-state index is 0.0200. The van der Waals surface area contributed by atoms with E-state index < -0.39 is 6.04 Å². The summed E-state index contributed by atoms with van der Waals surface area (Å²) in [5.74, 6) is 0.605. The Kier molecular flexibility index (Phi) is 6.99. The van der Waals surface area contributed by atoms with E-state index in [0.29, 0.717) is 24.0 Å². The van der Waals surface area contributed by atoms with Gasteiger partial charge in [-0.2, -0.15) is 0 Å². The Balaban J connectivity index is 1.55. The standard InChI is InChI=1S/C34H33N3O3/c1-3-36(4-2)26-18-16-23(17-19-26)33-32-28(21-25(22-30(32)38)31-15-10-20-40-31)35-27-13-8-9-14-29(27)37(33)34(39)24-11-6-5-7-12-24/h5-20,25,33,35H,3-4,21-22H2,1-2H3/t25-,33+/m1/s1. The topological polar surface area (TPSA) is 65.8 Å². The molecule has 0 saturated heterocycles. The Morgan fingerprint density at radius 3 is 2.33 bits per heavy atom. The van der Waals surface area contributed by atoms with E-state index in [1.807, 2.05) is 66.7 Å². The lowest BCUT2D eigenvalue weighted by Gasteiger charge is -2.35. The van der Waals surface area contributed by atoms with E-state index in [9.17, 15) is 9.59 Å². The molecule has 0 spiro atoms. The number of benzene rings is 3. The summed E-state index contributed by atoms with van der Waals surface area (Å²) in [5, 5.41) is 3.58. The highest BCUT2D eigenvalue weighted by molar-refractivity contribution is 6.12. The van der Waals surface area contributed by atoms with Crippen molar-refractivity contribution in [3.8, 4) is 0 Å². The van der Waals surface area contributed by atoms with E-state index in [0.717, 1.165) is 47.2 Å². The minimum atomic E-state index is -0.588. The van der Waals surface area contributed by atoms with Crippen molar-refractivity contribution in [2.75, 3.05) is 28.2 Å². The molecule has 0 unspecified atom stereocenters. The molecule has 0 saturated carbocycles. The summed E-state index contributed by atoms with van der Waals surface area (Å²) in [7, 11) is 0. The summed E-state index contributed by atoms with van der Waals surface area (Å²) >= 11 is 0. The van der Waals surface area contributed by atoms with Crippen LogP contribution < -0.4 is 15.1 Å². The second-order valence-electron chi connectivity index (χ2n) is 10.3. The number of carbonyl (C=O) groups is 2. The molecule has 2 atom stereocenters. The zero-order valence-corrected chi connectivity index (χ0v) is 22.8. The van der Waals surface area contributed by atoms with Crippen LogP contribution >= 0.6 is 0 Å². The molecule has 0 fully saturated rings. The van der Waals surface area contributed by atoms with Gasteiger partial charge in [-0.05, 0) is 74.4 Å². The first-order valence-electron chi connectivity index (χ1n) is 14.0. The number of amides is 1. The number of nitrogens with zero attached hydrogens (tertiary/aromatic N) is 2. The van der Waals surface area contributed by atoms with Gasteiger partial charge in [0.15, 0.2) is 5.78 Å². The number of nitrogens with one attached hydrogen (secondary N) is 1. The van der Waals surface area contributed by atoms with Crippen molar-refractivity contribution in [2.24, 2.45) is 0 Å². The highest BCUT2D eigenvalue weighted by atomic mass is 16.3. The molecule has 4 aromatic rings. The van der Waals surface area contributed by atoms with Crippen LogP contribution in [0.25, 0.3) is 0 Å². The van der Waals surface area contributed by atoms with Gasteiger partial charge in [0.2, 0.25) is 0 Å². The molecule has 6 nitrogen and oxygen atoms in total. The molecule has 1 N–H and O–H groups in total. The van der Waals surface area contributed by atoms with Crippen LogP contribution in [0.2, 0.25) is 0 Å². The zero-order valence-electron chi connectivity index (χ0n) is 22.8. The SMILES string of the molecule is CCN(CC)c1ccc([C@H]2C3=C(C[C@@H](c4ccco4)CC3=O)Nc3ccccc3N2C(=O)c2ccccc2)cc1. The molecule has 2 heterocycles. The van der Waals surface area contributed by atoms with E-state index in [1.54, 1.807) is 11.2 Å². The van der Waals surface area contributed by atoms with Crippen LogP contribution in [0.1, 0.15) is 60.3 Å². The van der Waals surface area contributed by atoms with Crippen molar-refractivity contribution in [3.63, 3.8) is 0 Å². The second kappa shape index (κ2) is 10.9. The van der Waals surface area contributed by atoms with Crippen LogP contribution in [-0.2, 0) is 4.79 Å². The summed E-state index contributed by atoms with van der Waals surface area (Å²) in [4.78, 5) is 32.5. The third-order valence-electron chi connectivity index (χ3n) is 8.01. The number of anilines is 3. The molecule has 6 rings (SSSR count). The number of Topliss-reactive ketones (excluding diaryl/α,β-unsaturated/α-hetero) is 1. The number of ketones is 1. The minimum Gasteiger partial charge on any atom is -0.469 e. The Bertz CT molecular complexity index is 1540. The third kappa shape index (κ3) is 4.60. The van der Waals surface area contributed by atoms with Gasteiger partial charge < -0.3 is 14.6 Å². The first-order chi connectivity index (χ1) is 19.6. The highest BCUT2D eigenvalue weighted by Crippen LogP contribution is 2.48. The lowest BCUT2D eigenvalue weighted by Crippen LogP contribution is -2.38. The van der Waals surface area contributed by atoms with Crippen LogP contribution in [0.3, 0.4) is 0 Å². The number of allylic oxidation sites excluding steroid dienone is 1. The number of hydrogen-bond acceptors (Lipinski definition) is 5. The Hall–Kier alpha value is -4.58. The molecule has 2 aliphatic rings. The summed E-state index contributed by atoms with van der Waals surface area (Å²) < 4.78 is 5.72. The molecule has 1 aliphatic heterocycles. The number of fused-ring (bicyclic) bond motifs is 1. The second-order valence-corrected chi connectivity index (χ2v) is 10.3. The van der Waals surface area contributed by atoms with Gasteiger partial charge in [-0.3, -0.25) is 14.5 Å². The van der Waals surface area contributed by atoms with Crippen LogP contribution in [0, 0.1) is 0 Å². The molecular formula is C34H33N3O3. The van der Waals surface area contributed by atoms with Gasteiger partial charge in [-0.1, -0.05) is 42.5 Å². The van der Waals surface area contributed by atoms with Crippen molar-refractivity contribution in [1.82, 2.24) is 0 Å². The average molecular weight is 532 g/mol. The Morgan fingerprint density at radius 1 is 0.900 bits per heavy atom. The average Bonchev–Trinajstić information content (AvgIpc) is 3.49. The molecular weight excluding hydrogens is 498 g/mol. The molecule has 1 aromatic heterocycles. The van der Waals surface area contributed by atoms with E-state index in [1.165, 1.54) is 0 Å². The predicted octanol–water partition coefficient (Wildman–Crippen LogP) is 7.34. The zero-order chi connectivity index (χ0) is 27.6. The third-order valence-corrected chi connectivity index (χ3v) is 8.01. The molecule has 1 aliphatic carbocycles.